The second-order valence-electron chi connectivity index (χ2n) is 12.3. The number of carbonyl (C=O) groups excluding carboxylic acids is 2. The molecule has 1 atom stereocenters. The highest BCUT2D eigenvalue weighted by Crippen LogP contribution is 2.32. The quantitative estimate of drug-likeness (QED) is 0.395. The summed E-state index contributed by atoms with van der Waals surface area (Å²) in [7, 11) is 1.66. The Morgan fingerprint density at radius 1 is 1.02 bits per heavy atom. The third-order valence-electron chi connectivity index (χ3n) is 7.83. The second kappa shape index (κ2) is 13.6. The van der Waals surface area contributed by atoms with Crippen LogP contribution in [0.1, 0.15) is 63.1 Å². The van der Waals surface area contributed by atoms with Gasteiger partial charge >= 0.3 is 6.09 Å². The normalized spacial score (nSPS) is 21.2. The maximum atomic E-state index is 13.5. The fourth-order valence-electron chi connectivity index (χ4n) is 5.64. The van der Waals surface area contributed by atoms with E-state index >= 15 is 0 Å². The van der Waals surface area contributed by atoms with Crippen molar-refractivity contribution in [2.24, 2.45) is 5.92 Å². The van der Waals surface area contributed by atoms with Crippen molar-refractivity contribution in [3.05, 3.63) is 59.2 Å². The van der Waals surface area contributed by atoms with Crippen LogP contribution in [0.2, 0.25) is 0 Å². The van der Waals surface area contributed by atoms with Gasteiger partial charge in [0, 0.05) is 25.0 Å². The van der Waals surface area contributed by atoms with Gasteiger partial charge in [0.05, 0.1) is 20.3 Å². The molecule has 2 amide bonds. The Kier molecular flexibility index (Phi) is 10.2. The largest absolute Gasteiger partial charge is 0.496 e. The summed E-state index contributed by atoms with van der Waals surface area (Å²) in [6.45, 7) is 12.2. The average molecular weight is 567 g/mol. The number of benzene rings is 2. The number of morpholine rings is 1. The summed E-state index contributed by atoms with van der Waals surface area (Å²) >= 11 is 0. The van der Waals surface area contributed by atoms with E-state index in [9.17, 15) is 9.59 Å². The molecule has 224 valence electrons. The number of hydrogen-bond acceptors (Lipinski definition) is 6. The minimum absolute atomic E-state index is 0.0108. The number of methoxy groups -OCH3 is 1. The topological polar surface area (TPSA) is 77.5 Å². The fourth-order valence-corrected chi connectivity index (χ4v) is 5.64. The molecule has 2 aromatic carbocycles. The van der Waals surface area contributed by atoms with Crippen LogP contribution in [0, 0.1) is 19.8 Å². The minimum atomic E-state index is -0.589. The van der Waals surface area contributed by atoms with Crippen molar-refractivity contribution in [1.82, 2.24) is 9.80 Å². The third-order valence-corrected chi connectivity index (χ3v) is 7.83. The van der Waals surface area contributed by atoms with Crippen LogP contribution in [-0.2, 0) is 20.8 Å². The van der Waals surface area contributed by atoms with Gasteiger partial charge in [-0.15, -0.1) is 0 Å². The van der Waals surface area contributed by atoms with Crippen LogP contribution in [0.25, 0.3) is 0 Å². The van der Waals surface area contributed by atoms with E-state index in [4.69, 9.17) is 18.9 Å². The summed E-state index contributed by atoms with van der Waals surface area (Å²) in [5.74, 6) is 1.76. The summed E-state index contributed by atoms with van der Waals surface area (Å²) in [6.07, 6.45) is 2.54. The zero-order valence-corrected chi connectivity index (χ0v) is 25.5. The number of hydrogen-bond donors (Lipinski definition) is 0. The van der Waals surface area contributed by atoms with Crippen LogP contribution in [-0.4, -0.2) is 73.0 Å². The Balaban J connectivity index is 1.34. The molecule has 1 saturated carbocycles. The Hall–Kier alpha value is -3.26. The van der Waals surface area contributed by atoms with Crippen molar-refractivity contribution in [3.63, 3.8) is 0 Å². The summed E-state index contributed by atoms with van der Waals surface area (Å²) in [4.78, 5) is 30.6. The second-order valence-corrected chi connectivity index (χ2v) is 12.3. The number of nitrogens with zero attached hydrogens (tertiary/aromatic N) is 2. The van der Waals surface area contributed by atoms with Gasteiger partial charge in [-0.25, -0.2) is 4.79 Å². The van der Waals surface area contributed by atoms with Gasteiger partial charge in [0.15, 0.2) is 0 Å². The summed E-state index contributed by atoms with van der Waals surface area (Å²) in [5, 5.41) is 0. The first-order valence-corrected chi connectivity index (χ1v) is 14.8. The van der Waals surface area contributed by atoms with Gasteiger partial charge in [-0.1, -0.05) is 29.8 Å². The molecule has 0 spiro atoms. The fraction of sp³-hybridized carbons (Fsp3) is 0.576. The first-order chi connectivity index (χ1) is 19.5. The summed E-state index contributed by atoms with van der Waals surface area (Å²) in [6, 6.07) is 14.0. The lowest BCUT2D eigenvalue weighted by Crippen LogP contribution is -2.51. The first-order valence-electron chi connectivity index (χ1n) is 14.8. The molecule has 0 N–H and O–H groups in total. The number of ether oxygens (including phenoxy) is 4. The molecule has 8 nitrogen and oxygen atoms in total. The maximum Gasteiger partial charge on any atom is 0.410 e. The molecule has 2 aromatic rings. The van der Waals surface area contributed by atoms with Crippen molar-refractivity contribution < 1.29 is 28.5 Å². The first kappa shape index (κ1) is 30.7. The predicted octanol–water partition coefficient (Wildman–Crippen LogP) is 5.91. The molecule has 1 aliphatic carbocycles. The Morgan fingerprint density at radius 3 is 2.37 bits per heavy atom. The van der Waals surface area contributed by atoms with E-state index in [2.05, 4.69) is 6.07 Å². The lowest BCUT2D eigenvalue weighted by Gasteiger charge is -2.39. The lowest BCUT2D eigenvalue weighted by molar-refractivity contribution is -0.145. The van der Waals surface area contributed by atoms with E-state index in [-0.39, 0.29) is 30.1 Å². The molecule has 0 bridgehead atoms. The van der Waals surface area contributed by atoms with Gasteiger partial charge in [0.1, 0.15) is 29.8 Å². The standard InChI is InChI=1S/C33H46N2O6/c1-23-7-14-28(15-8-23)40-22-29-21-34(17-18-39-29)31(36)26-10-12-27(13-11-26)35(32(37)41-33(3,4)5)20-25-9-16-30(38-6)24(2)19-25/h7-9,14-16,19,26-27,29H,10-13,17-18,20-22H2,1-6H3/t26?,27?,29-/m1/s1. The van der Waals surface area contributed by atoms with Gasteiger partial charge < -0.3 is 28.7 Å². The predicted molar refractivity (Wildman–Crippen MR) is 158 cm³/mol. The molecule has 0 radical (unpaired) electrons. The van der Waals surface area contributed by atoms with Crippen molar-refractivity contribution in [1.29, 1.82) is 0 Å². The molecule has 1 heterocycles. The molecule has 2 fully saturated rings. The highest BCUT2D eigenvalue weighted by atomic mass is 16.6. The molecule has 0 aromatic heterocycles. The van der Waals surface area contributed by atoms with Crippen LogP contribution in [0.4, 0.5) is 4.79 Å². The highest BCUT2D eigenvalue weighted by molar-refractivity contribution is 5.79. The van der Waals surface area contributed by atoms with E-state index in [0.29, 0.717) is 32.8 Å². The molecule has 1 saturated heterocycles. The van der Waals surface area contributed by atoms with E-state index in [0.717, 1.165) is 48.3 Å². The molecule has 8 heteroatoms. The van der Waals surface area contributed by atoms with Crippen LogP contribution in [0.5, 0.6) is 11.5 Å². The van der Waals surface area contributed by atoms with Gasteiger partial charge in [-0.05, 0) is 89.6 Å². The summed E-state index contributed by atoms with van der Waals surface area (Å²) < 4.78 is 23.0. The molecule has 2 aliphatic rings. The Labute approximate surface area is 244 Å². The van der Waals surface area contributed by atoms with Crippen molar-refractivity contribution >= 4 is 12.0 Å². The molecule has 1 aliphatic heterocycles. The highest BCUT2D eigenvalue weighted by Gasteiger charge is 2.36. The van der Waals surface area contributed by atoms with Gasteiger partial charge in [0.25, 0.3) is 0 Å². The van der Waals surface area contributed by atoms with Crippen LogP contribution >= 0.6 is 0 Å². The number of rotatable bonds is 8. The van der Waals surface area contributed by atoms with Gasteiger partial charge in [0.2, 0.25) is 5.91 Å². The van der Waals surface area contributed by atoms with E-state index in [1.54, 1.807) is 7.11 Å². The van der Waals surface area contributed by atoms with Crippen molar-refractivity contribution in [2.75, 3.05) is 33.4 Å². The van der Waals surface area contributed by atoms with Crippen LogP contribution < -0.4 is 9.47 Å². The zero-order chi connectivity index (χ0) is 29.6. The van der Waals surface area contributed by atoms with E-state index in [1.807, 2.05) is 80.8 Å². The number of aryl methyl sites for hydroxylation is 2. The van der Waals surface area contributed by atoms with E-state index in [1.165, 1.54) is 5.56 Å². The molecular formula is C33H46N2O6. The van der Waals surface area contributed by atoms with Gasteiger partial charge in [-0.3, -0.25) is 4.79 Å². The van der Waals surface area contributed by atoms with Crippen molar-refractivity contribution in [3.8, 4) is 11.5 Å². The molecule has 4 rings (SSSR count). The zero-order valence-electron chi connectivity index (χ0n) is 25.5. The smallest absolute Gasteiger partial charge is 0.410 e. The monoisotopic (exact) mass is 566 g/mol. The third kappa shape index (κ3) is 8.62. The number of amides is 2. The Bertz CT molecular complexity index is 1170. The van der Waals surface area contributed by atoms with Crippen LogP contribution in [0.3, 0.4) is 0 Å². The molecule has 41 heavy (non-hydrogen) atoms. The molecular weight excluding hydrogens is 520 g/mol. The van der Waals surface area contributed by atoms with E-state index < -0.39 is 5.60 Å². The average Bonchev–Trinajstić information content (AvgIpc) is 2.94. The van der Waals surface area contributed by atoms with Crippen LogP contribution in [0.15, 0.2) is 42.5 Å². The van der Waals surface area contributed by atoms with Gasteiger partial charge in [-0.2, -0.15) is 0 Å². The maximum absolute atomic E-state index is 13.5. The number of carbonyl (C=O) groups is 2. The summed E-state index contributed by atoms with van der Waals surface area (Å²) in [5.41, 5.74) is 2.65. The molecule has 0 unspecified atom stereocenters. The lowest BCUT2D eigenvalue weighted by atomic mass is 9.84. The minimum Gasteiger partial charge on any atom is -0.496 e. The Morgan fingerprint density at radius 2 is 1.73 bits per heavy atom. The SMILES string of the molecule is COc1ccc(CN(C(=O)OC(C)(C)C)C2CCC(C(=O)N3CCO[C@@H](COc4ccc(C)cc4)C3)CC2)cc1C. The van der Waals surface area contributed by atoms with Crippen molar-refractivity contribution in [2.45, 2.75) is 84.6 Å².